The van der Waals surface area contributed by atoms with E-state index in [1.54, 1.807) is 0 Å². The van der Waals surface area contributed by atoms with Gasteiger partial charge in [0.25, 0.3) is 5.82 Å². The third kappa shape index (κ3) is 3.50. The Bertz CT molecular complexity index is 1030. The molecule has 0 fully saturated rings. The van der Waals surface area contributed by atoms with Crippen LogP contribution >= 0.6 is 23.2 Å². The largest absolute Gasteiger partial charge is 0.448 e. The molecule has 4 N–H and O–H groups in total. The minimum atomic E-state index is -0.726. The van der Waals surface area contributed by atoms with E-state index in [4.69, 9.17) is 39.4 Å². The van der Waals surface area contributed by atoms with E-state index in [1.165, 1.54) is 0 Å². The summed E-state index contributed by atoms with van der Waals surface area (Å²) in [5.41, 5.74) is 13.0. The minimum Gasteiger partial charge on any atom is -0.448 e. The molecule has 0 amide bonds. The molecule has 0 aliphatic heterocycles. The standard InChI is InChI=1S/C17H18Cl2N6O2/c1-3-24-10-6-5-9(18)7-11(10)25(4-2)12(24)8-27-17(26)13-15(20)23-16(21)14(19)22-13/h5-7H,3-4,8H2,1-2H3,(H3-,20,21,23,26)/p+1. The zero-order valence-electron chi connectivity index (χ0n) is 14.9. The first kappa shape index (κ1) is 19.2. The molecule has 3 aromatic rings. The number of carbonyl (C=O) groups is 1. The average molecular weight is 410 g/mol. The molecule has 10 heteroatoms. The van der Waals surface area contributed by atoms with Gasteiger partial charge < -0.3 is 16.2 Å². The molecule has 142 valence electrons. The van der Waals surface area contributed by atoms with Crippen molar-refractivity contribution in [2.75, 3.05) is 11.5 Å². The van der Waals surface area contributed by atoms with E-state index in [0.717, 1.165) is 16.9 Å². The summed E-state index contributed by atoms with van der Waals surface area (Å²) in [5.74, 6) is -0.0835. The molecule has 1 aromatic carbocycles. The van der Waals surface area contributed by atoms with Crippen molar-refractivity contribution in [2.24, 2.45) is 0 Å². The number of ether oxygens (including phenoxy) is 1. The van der Waals surface area contributed by atoms with E-state index in [0.29, 0.717) is 18.1 Å². The monoisotopic (exact) mass is 409 g/mol. The Balaban J connectivity index is 1.95. The van der Waals surface area contributed by atoms with Crippen LogP contribution in [0.1, 0.15) is 30.2 Å². The highest BCUT2D eigenvalue weighted by molar-refractivity contribution is 6.31. The van der Waals surface area contributed by atoms with Crippen LogP contribution in [0.2, 0.25) is 10.2 Å². The van der Waals surface area contributed by atoms with Crippen molar-refractivity contribution in [3.8, 4) is 0 Å². The molecule has 0 bridgehead atoms. The van der Waals surface area contributed by atoms with Crippen LogP contribution in [0.25, 0.3) is 11.0 Å². The van der Waals surface area contributed by atoms with Gasteiger partial charge in [0.2, 0.25) is 0 Å². The first-order valence-corrected chi connectivity index (χ1v) is 9.09. The summed E-state index contributed by atoms with van der Waals surface area (Å²) in [5, 5.41) is 0.540. The molecule has 2 heterocycles. The lowest BCUT2D eigenvalue weighted by Crippen LogP contribution is -2.37. The summed E-state index contributed by atoms with van der Waals surface area (Å²) >= 11 is 12.0. The Labute approximate surface area is 165 Å². The maximum Gasteiger partial charge on any atom is 0.361 e. The quantitative estimate of drug-likeness (QED) is 0.494. The number of anilines is 2. The van der Waals surface area contributed by atoms with Crippen LogP contribution in [0.5, 0.6) is 0 Å². The number of esters is 1. The number of fused-ring (bicyclic) bond motifs is 1. The summed E-state index contributed by atoms with van der Waals surface area (Å²) in [6.45, 7) is 5.44. The number of carbonyl (C=O) groups excluding carboxylic acids is 1. The number of benzene rings is 1. The lowest BCUT2D eigenvalue weighted by Gasteiger charge is -2.07. The number of hydrogen-bond donors (Lipinski definition) is 2. The topological polar surface area (TPSA) is 113 Å². The van der Waals surface area contributed by atoms with Crippen molar-refractivity contribution in [3.63, 3.8) is 0 Å². The molecule has 0 spiro atoms. The number of aromatic nitrogens is 4. The van der Waals surface area contributed by atoms with E-state index < -0.39 is 5.97 Å². The predicted octanol–water partition coefficient (Wildman–Crippen LogP) is 2.59. The van der Waals surface area contributed by atoms with Crippen molar-refractivity contribution >= 4 is 51.8 Å². The van der Waals surface area contributed by atoms with E-state index in [2.05, 4.69) is 14.5 Å². The maximum absolute atomic E-state index is 12.4. The van der Waals surface area contributed by atoms with Crippen LogP contribution in [0.15, 0.2) is 18.2 Å². The third-order valence-corrected chi connectivity index (χ3v) is 4.72. The highest BCUT2D eigenvalue weighted by Gasteiger charge is 2.26. The molecule has 0 atom stereocenters. The number of nitrogens with two attached hydrogens (primary N) is 2. The highest BCUT2D eigenvalue weighted by atomic mass is 35.5. The van der Waals surface area contributed by atoms with Crippen LogP contribution in [0, 0.1) is 0 Å². The summed E-state index contributed by atoms with van der Waals surface area (Å²) in [6, 6.07) is 5.67. The van der Waals surface area contributed by atoms with Gasteiger partial charge in [-0.2, -0.15) is 0 Å². The van der Waals surface area contributed by atoms with Gasteiger partial charge in [0, 0.05) is 11.1 Å². The van der Waals surface area contributed by atoms with Crippen LogP contribution in [-0.4, -0.2) is 20.5 Å². The van der Waals surface area contributed by atoms with Gasteiger partial charge in [-0.3, -0.25) is 0 Å². The lowest BCUT2D eigenvalue weighted by molar-refractivity contribution is -0.678. The van der Waals surface area contributed by atoms with Gasteiger partial charge in [-0.25, -0.2) is 23.9 Å². The van der Waals surface area contributed by atoms with Gasteiger partial charge in [-0.1, -0.05) is 23.2 Å². The zero-order chi connectivity index (χ0) is 19.7. The number of nitrogen functional groups attached to an aromatic ring is 2. The molecule has 8 nitrogen and oxygen atoms in total. The number of rotatable bonds is 5. The van der Waals surface area contributed by atoms with E-state index in [-0.39, 0.29) is 29.1 Å². The Hall–Kier alpha value is -2.58. The molecule has 27 heavy (non-hydrogen) atoms. The van der Waals surface area contributed by atoms with Gasteiger partial charge >= 0.3 is 5.97 Å². The van der Waals surface area contributed by atoms with Gasteiger partial charge in [-0.15, -0.1) is 0 Å². The number of nitrogens with zero attached hydrogens (tertiary/aromatic N) is 4. The maximum atomic E-state index is 12.4. The molecular weight excluding hydrogens is 391 g/mol. The van der Waals surface area contributed by atoms with Crippen molar-refractivity contribution in [3.05, 3.63) is 39.9 Å². The second-order valence-corrected chi connectivity index (χ2v) is 6.54. The lowest BCUT2D eigenvalue weighted by atomic mass is 10.3. The van der Waals surface area contributed by atoms with E-state index in [9.17, 15) is 4.79 Å². The summed E-state index contributed by atoms with van der Waals surface area (Å²) in [7, 11) is 0. The molecule has 0 unspecified atom stereocenters. The number of halogens is 2. The third-order valence-electron chi connectivity index (χ3n) is 4.21. The molecule has 0 aliphatic carbocycles. The number of imidazole rings is 1. The van der Waals surface area contributed by atoms with Crippen LogP contribution < -0.4 is 16.0 Å². The van der Waals surface area contributed by atoms with Crippen molar-refractivity contribution in [1.29, 1.82) is 0 Å². The van der Waals surface area contributed by atoms with Gasteiger partial charge in [0.15, 0.2) is 40.1 Å². The molecule has 0 aliphatic rings. The smallest absolute Gasteiger partial charge is 0.361 e. The summed E-state index contributed by atoms with van der Waals surface area (Å²) in [6.07, 6.45) is 0. The number of hydrogen-bond acceptors (Lipinski definition) is 6. The second kappa shape index (κ2) is 7.58. The average Bonchev–Trinajstić information content (AvgIpc) is 2.94. The molecule has 0 saturated heterocycles. The SMILES string of the molecule is CCn1c(COC(=O)c2nc(Cl)c(N)nc2N)[n+](CC)c2ccc(Cl)cc21. The summed E-state index contributed by atoms with van der Waals surface area (Å²) in [4.78, 5) is 20.1. The van der Waals surface area contributed by atoms with Gasteiger partial charge in [0.1, 0.15) is 0 Å². The molecule has 0 radical (unpaired) electrons. The second-order valence-electron chi connectivity index (χ2n) is 5.75. The molecule has 2 aromatic heterocycles. The Morgan fingerprint density at radius 2 is 1.96 bits per heavy atom. The first-order chi connectivity index (χ1) is 12.9. The molecular formula is C17H19Cl2N6O2+. The first-order valence-electron chi connectivity index (χ1n) is 8.33. The van der Waals surface area contributed by atoms with Crippen molar-refractivity contribution in [1.82, 2.24) is 14.5 Å². The van der Waals surface area contributed by atoms with Gasteiger partial charge in [-0.05, 0) is 26.0 Å². The Morgan fingerprint density at radius 3 is 2.63 bits per heavy atom. The Morgan fingerprint density at radius 1 is 1.22 bits per heavy atom. The summed E-state index contributed by atoms with van der Waals surface area (Å²) < 4.78 is 9.55. The van der Waals surface area contributed by atoms with Crippen LogP contribution in [0.4, 0.5) is 11.6 Å². The fourth-order valence-electron chi connectivity index (χ4n) is 3.02. The van der Waals surface area contributed by atoms with Gasteiger partial charge in [0.05, 0.1) is 13.1 Å². The predicted molar refractivity (Wildman–Crippen MR) is 103 cm³/mol. The zero-order valence-corrected chi connectivity index (χ0v) is 16.4. The van der Waals surface area contributed by atoms with Crippen LogP contribution in [-0.2, 0) is 24.4 Å². The molecule has 3 rings (SSSR count). The molecule has 0 saturated carbocycles. The normalized spacial score (nSPS) is 11.1. The van der Waals surface area contributed by atoms with E-state index in [1.807, 2.05) is 36.6 Å². The van der Waals surface area contributed by atoms with Crippen molar-refractivity contribution in [2.45, 2.75) is 33.5 Å². The Kier molecular flexibility index (Phi) is 5.38. The highest BCUT2D eigenvalue weighted by Crippen LogP contribution is 2.21. The fraction of sp³-hybridized carbons (Fsp3) is 0.294. The number of aryl methyl sites for hydroxylation is 2. The van der Waals surface area contributed by atoms with Crippen LogP contribution in [0.3, 0.4) is 0 Å². The fourth-order valence-corrected chi connectivity index (χ4v) is 3.31. The minimum absolute atomic E-state index is 0.0237. The van der Waals surface area contributed by atoms with E-state index >= 15 is 0 Å². The van der Waals surface area contributed by atoms with Crippen molar-refractivity contribution < 1.29 is 14.1 Å².